The Kier molecular flexibility index (Phi) is 5.60. The molecule has 1 N–H and O–H groups in total. The van der Waals surface area contributed by atoms with Crippen molar-refractivity contribution in [2.45, 2.75) is 13.5 Å². The van der Waals surface area contributed by atoms with Crippen molar-refractivity contribution in [2.75, 3.05) is 19.0 Å². The molecule has 0 unspecified atom stereocenters. The lowest BCUT2D eigenvalue weighted by atomic mass is 10.2. The van der Waals surface area contributed by atoms with Crippen LogP contribution in [-0.2, 0) is 11.3 Å². The first-order chi connectivity index (χ1) is 12.7. The molecule has 1 heterocycles. The van der Waals surface area contributed by atoms with Crippen LogP contribution in [0.15, 0.2) is 54.6 Å². The summed E-state index contributed by atoms with van der Waals surface area (Å²) in [6.07, 6.45) is 0. The van der Waals surface area contributed by atoms with Crippen molar-refractivity contribution < 1.29 is 14.3 Å². The third-order valence-electron chi connectivity index (χ3n) is 3.68. The fraction of sp³-hybridized carbons (Fsp3) is 0.211. The Labute approximate surface area is 151 Å². The van der Waals surface area contributed by atoms with Crippen molar-refractivity contribution in [1.82, 2.24) is 15.0 Å². The number of rotatable bonds is 7. The highest BCUT2D eigenvalue weighted by Gasteiger charge is 2.20. The minimum Gasteiger partial charge on any atom is -0.494 e. The van der Waals surface area contributed by atoms with E-state index in [1.807, 2.05) is 37.3 Å². The molecule has 2 aromatic carbocycles. The molecule has 0 aliphatic heterocycles. The van der Waals surface area contributed by atoms with Crippen LogP contribution in [0.1, 0.15) is 23.1 Å². The molecule has 3 aromatic rings. The first-order valence-electron chi connectivity index (χ1n) is 8.26. The molecule has 0 fully saturated rings. The number of ether oxygens (including phenoxy) is 2. The molecule has 0 aliphatic carbocycles. The van der Waals surface area contributed by atoms with Crippen molar-refractivity contribution in [3.05, 3.63) is 66.0 Å². The Balaban J connectivity index is 1.83. The summed E-state index contributed by atoms with van der Waals surface area (Å²) in [5.74, 6) is 0.406. The van der Waals surface area contributed by atoms with Crippen molar-refractivity contribution >= 4 is 11.6 Å². The molecular formula is C19H20N4O3. The number of nitrogens with zero attached hydrogens (tertiary/aromatic N) is 3. The Morgan fingerprint density at radius 1 is 1.12 bits per heavy atom. The second-order valence-corrected chi connectivity index (χ2v) is 5.48. The van der Waals surface area contributed by atoms with Gasteiger partial charge in [-0.1, -0.05) is 23.4 Å². The van der Waals surface area contributed by atoms with E-state index in [2.05, 4.69) is 15.6 Å². The summed E-state index contributed by atoms with van der Waals surface area (Å²) in [5, 5.41) is 11.0. The third kappa shape index (κ3) is 3.89. The van der Waals surface area contributed by atoms with Crippen molar-refractivity contribution in [3.63, 3.8) is 0 Å². The van der Waals surface area contributed by atoms with E-state index in [1.54, 1.807) is 36.1 Å². The lowest BCUT2D eigenvalue weighted by molar-refractivity contribution is 0.101. The number of anilines is 1. The molecule has 0 saturated carbocycles. The first kappa shape index (κ1) is 17.6. The zero-order chi connectivity index (χ0) is 18.4. The molecule has 3 rings (SSSR count). The quantitative estimate of drug-likeness (QED) is 0.707. The largest absolute Gasteiger partial charge is 0.494 e. The Bertz CT molecular complexity index is 860. The van der Waals surface area contributed by atoms with Gasteiger partial charge in [-0.15, -0.1) is 5.10 Å². The van der Waals surface area contributed by atoms with E-state index in [4.69, 9.17) is 9.47 Å². The fourth-order valence-corrected chi connectivity index (χ4v) is 2.51. The molecular weight excluding hydrogens is 332 g/mol. The van der Waals surface area contributed by atoms with E-state index < -0.39 is 0 Å². The van der Waals surface area contributed by atoms with Gasteiger partial charge in [0.2, 0.25) is 0 Å². The number of methoxy groups -OCH3 is 1. The van der Waals surface area contributed by atoms with Gasteiger partial charge in [-0.2, -0.15) is 0 Å². The van der Waals surface area contributed by atoms with Crippen molar-refractivity contribution in [3.8, 4) is 11.4 Å². The number of benzene rings is 2. The fourth-order valence-electron chi connectivity index (χ4n) is 2.51. The third-order valence-corrected chi connectivity index (χ3v) is 3.68. The highest BCUT2D eigenvalue weighted by molar-refractivity contribution is 6.03. The minimum atomic E-state index is -0.344. The number of hydrogen-bond acceptors (Lipinski definition) is 5. The molecule has 7 heteroatoms. The maximum absolute atomic E-state index is 12.7. The van der Waals surface area contributed by atoms with Crippen LogP contribution in [0.25, 0.3) is 5.69 Å². The lowest BCUT2D eigenvalue weighted by Crippen LogP contribution is -2.16. The first-order valence-corrected chi connectivity index (χ1v) is 8.26. The standard InChI is InChI=1S/C19H20N4O3/c1-3-26-16-11-9-14(10-12-16)20-19(24)18-17(13-25-2)23(22-21-18)15-7-5-4-6-8-15/h4-12H,3,13H2,1-2H3,(H,20,24). The van der Waals surface area contributed by atoms with E-state index in [1.165, 1.54) is 0 Å². The zero-order valence-electron chi connectivity index (χ0n) is 14.7. The van der Waals surface area contributed by atoms with Crippen molar-refractivity contribution in [2.24, 2.45) is 0 Å². The number of amides is 1. The molecule has 0 aliphatic rings. The number of carbonyl (C=O) groups is 1. The summed E-state index contributed by atoms with van der Waals surface area (Å²) in [6, 6.07) is 16.6. The second-order valence-electron chi connectivity index (χ2n) is 5.48. The SMILES string of the molecule is CCOc1ccc(NC(=O)c2nnn(-c3ccccc3)c2COC)cc1. The topological polar surface area (TPSA) is 78.3 Å². The Morgan fingerprint density at radius 3 is 2.50 bits per heavy atom. The van der Waals surface area contributed by atoms with Crippen LogP contribution in [0.4, 0.5) is 5.69 Å². The molecule has 1 aromatic heterocycles. The second kappa shape index (κ2) is 8.26. The summed E-state index contributed by atoms with van der Waals surface area (Å²) in [6.45, 7) is 2.73. The normalized spacial score (nSPS) is 10.5. The molecule has 0 bridgehead atoms. The zero-order valence-corrected chi connectivity index (χ0v) is 14.7. The van der Waals surface area contributed by atoms with Crippen LogP contribution in [-0.4, -0.2) is 34.6 Å². The van der Waals surface area contributed by atoms with Crippen molar-refractivity contribution in [1.29, 1.82) is 0 Å². The van der Waals surface area contributed by atoms with Crippen LogP contribution >= 0.6 is 0 Å². The summed E-state index contributed by atoms with van der Waals surface area (Å²) in [4.78, 5) is 12.7. The van der Waals surface area contributed by atoms with Gasteiger partial charge in [-0.05, 0) is 43.3 Å². The average molecular weight is 352 g/mol. The highest BCUT2D eigenvalue weighted by atomic mass is 16.5. The molecule has 26 heavy (non-hydrogen) atoms. The van der Waals surface area contributed by atoms with Gasteiger partial charge in [0.05, 0.1) is 18.9 Å². The maximum atomic E-state index is 12.7. The van der Waals surface area contributed by atoms with Gasteiger partial charge in [0.25, 0.3) is 5.91 Å². The van der Waals surface area contributed by atoms with Gasteiger partial charge in [0.15, 0.2) is 5.69 Å². The number of nitrogens with one attached hydrogen (secondary N) is 1. The number of hydrogen-bond donors (Lipinski definition) is 1. The van der Waals surface area contributed by atoms with Gasteiger partial charge in [0.1, 0.15) is 11.4 Å². The summed E-state index contributed by atoms with van der Waals surface area (Å²) < 4.78 is 12.2. The van der Waals surface area contributed by atoms with E-state index >= 15 is 0 Å². The van der Waals surface area contributed by atoms with Crippen LogP contribution in [0.3, 0.4) is 0 Å². The molecule has 134 valence electrons. The molecule has 0 atom stereocenters. The van der Waals surface area contributed by atoms with Gasteiger partial charge in [0, 0.05) is 12.8 Å². The molecule has 1 amide bonds. The Hall–Kier alpha value is -3.19. The molecule has 0 saturated heterocycles. The number of para-hydroxylation sites is 1. The van der Waals surface area contributed by atoms with Gasteiger partial charge >= 0.3 is 0 Å². The van der Waals surface area contributed by atoms with E-state index in [0.717, 1.165) is 11.4 Å². The lowest BCUT2D eigenvalue weighted by Gasteiger charge is -2.08. The predicted octanol–water partition coefficient (Wildman–Crippen LogP) is 3.06. The summed E-state index contributed by atoms with van der Waals surface area (Å²) >= 11 is 0. The van der Waals surface area contributed by atoms with Crippen LogP contribution in [0.5, 0.6) is 5.75 Å². The predicted molar refractivity (Wildman–Crippen MR) is 97.6 cm³/mol. The highest BCUT2D eigenvalue weighted by Crippen LogP contribution is 2.18. The smallest absolute Gasteiger partial charge is 0.278 e. The van der Waals surface area contributed by atoms with Crippen LogP contribution in [0.2, 0.25) is 0 Å². The Morgan fingerprint density at radius 2 is 1.85 bits per heavy atom. The molecule has 0 spiro atoms. The van der Waals surface area contributed by atoms with Gasteiger partial charge < -0.3 is 14.8 Å². The van der Waals surface area contributed by atoms with Crippen LogP contribution < -0.4 is 10.1 Å². The number of carbonyl (C=O) groups excluding carboxylic acids is 1. The van der Waals surface area contributed by atoms with E-state index in [9.17, 15) is 4.79 Å². The van der Waals surface area contributed by atoms with Crippen LogP contribution in [0, 0.1) is 0 Å². The van der Waals surface area contributed by atoms with Gasteiger partial charge in [-0.25, -0.2) is 4.68 Å². The molecule has 7 nitrogen and oxygen atoms in total. The molecule has 0 radical (unpaired) electrons. The number of aromatic nitrogens is 3. The minimum absolute atomic E-state index is 0.216. The van der Waals surface area contributed by atoms with Gasteiger partial charge in [-0.3, -0.25) is 4.79 Å². The summed E-state index contributed by atoms with van der Waals surface area (Å²) in [5.41, 5.74) is 2.27. The van der Waals surface area contributed by atoms with E-state index in [0.29, 0.717) is 18.0 Å². The average Bonchev–Trinajstić information content (AvgIpc) is 3.08. The van der Waals surface area contributed by atoms with E-state index in [-0.39, 0.29) is 18.2 Å². The maximum Gasteiger partial charge on any atom is 0.278 e. The summed E-state index contributed by atoms with van der Waals surface area (Å²) in [7, 11) is 1.57. The monoisotopic (exact) mass is 352 g/mol.